The van der Waals surface area contributed by atoms with E-state index in [1.807, 2.05) is 20.0 Å². The van der Waals surface area contributed by atoms with E-state index in [0.717, 1.165) is 17.8 Å². The van der Waals surface area contributed by atoms with Gasteiger partial charge in [0.15, 0.2) is 5.96 Å². The van der Waals surface area contributed by atoms with E-state index in [4.69, 9.17) is 0 Å². The van der Waals surface area contributed by atoms with E-state index < -0.39 is 11.7 Å². The van der Waals surface area contributed by atoms with E-state index >= 15 is 0 Å². The standard InChI is InChI=1S/C18H20F3N5/c1-3-22-17(24-13-16-9-11-25-26(16)2)23-10-5-7-14-6-4-8-15(12-14)18(19,20)21/h4,6,8-9,11-12H,3,10,13H2,1-2H3,(H2,22,23,24). The van der Waals surface area contributed by atoms with Crippen molar-refractivity contribution in [3.63, 3.8) is 0 Å². The number of nitrogens with one attached hydrogen (secondary N) is 2. The summed E-state index contributed by atoms with van der Waals surface area (Å²) in [7, 11) is 1.84. The number of benzene rings is 1. The molecule has 0 bridgehead atoms. The first-order chi connectivity index (χ1) is 12.4. The average Bonchev–Trinajstić information content (AvgIpc) is 3.01. The SMILES string of the molecule is CCNC(=NCc1ccnn1C)NCC#Cc1cccc(C(F)(F)F)c1. The summed E-state index contributed by atoms with van der Waals surface area (Å²) in [5.74, 6) is 6.11. The zero-order chi connectivity index (χ0) is 19.0. The summed E-state index contributed by atoms with van der Waals surface area (Å²) in [6.07, 6.45) is -2.67. The van der Waals surface area contributed by atoms with Gasteiger partial charge in [0.1, 0.15) is 0 Å². The topological polar surface area (TPSA) is 54.2 Å². The molecule has 1 heterocycles. The third-order valence-electron chi connectivity index (χ3n) is 3.43. The highest BCUT2D eigenvalue weighted by atomic mass is 19.4. The molecule has 0 unspecified atom stereocenters. The number of alkyl halides is 3. The lowest BCUT2D eigenvalue weighted by atomic mass is 10.1. The van der Waals surface area contributed by atoms with Crippen LogP contribution in [0.5, 0.6) is 0 Å². The van der Waals surface area contributed by atoms with Crippen LogP contribution in [0.25, 0.3) is 0 Å². The summed E-state index contributed by atoms with van der Waals surface area (Å²) in [6, 6.07) is 6.83. The second kappa shape index (κ2) is 8.94. The molecule has 0 aliphatic rings. The van der Waals surface area contributed by atoms with Gasteiger partial charge >= 0.3 is 6.18 Å². The lowest BCUT2D eigenvalue weighted by molar-refractivity contribution is -0.137. The number of hydrogen-bond donors (Lipinski definition) is 2. The molecule has 0 atom stereocenters. The third kappa shape index (κ3) is 5.84. The van der Waals surface area contributed by atoms with Crippen molar-refractivity contribution in [3.05, 3.63) is 53.3 Å². The highest BCUT2D eigenvalue weighted by Crippen LogP contribution is 2.29. The summed E-state index contributed by atoms with van der Waals surface area (Å²) < 4.78 is 39.8. The first kappa shape index (κ1) is 19.4. The summed E-state index contributed by atoms with van der Waals surface area (Å²) in [6.45, 7) is 3.33. The molecule has 1 aromatic heterocycles. The van der Waals surface area contributed by atoms with Crippen LogP contribution in [-0.4, -0.2) is 28.8 Å². The fraction of sp³-hybridized carbons (Fsp3) is 0.333. The number of rotatable bonds is 4. The number of nitrogens with zero attached hydrogens (tertiary/aromatic N) is 3. The minimum Gasteiger partial charge on any atom is -0.357 e. The van der Waals surface area contributed by atoms with Crippen molar-refractivity contribution in [3.8, 4) is 11.8 Å². The van der Waals surface area contributed by atoms with Gasteiger partial charge in [0.25, 0.3) is 0 Å². The maximum atomic E-state index is 12.7. The molecule has 26 heavy (non-hydrogen) atoms. The Kier molecular flexibility index (Phi) is 6.67. The number of aliphatic imine (C=N–C) groups is 1. The van der Waals surface area contributed by atoms with E-state index in [1.165, 1.54) is 6.07 Å². The summed E-state index contributed by atoms with van der Waals surface area (Å²) >= 11 is 0. The second-order valence-electron chi connectivity index (χ2n) is 5.38. The Hall–Kier alpha value is -2.95. The molecule has 0 aliphatic heterocycles. The Labute approximate surface area is 150 Å². The van der Waals surface area contributed by atoms with Crippen LogP contribution in [0.1, 0.15) is 23.7 Å². The van der Waals surface area contributed by atoms with Gasteiger partial charge in [-0.3, -0.25) is 4.68 Å². The Bertz CT molecular complexity index is 812. The van der Waals surface area contributed by atoms with Crippen molar-refractivity contribution in [1.82, 2.24) is 20.4 Å². The summed E-state index contributed by atoms with van der Waals surface area (Å²) in [4.78, 5) is 4.42. The van der Waals surface area contributed by atoms with Gasteiger partial charge in [-0.1, -0.05) is 17.9 Å². The van der Waals surface area contributed by atoms with Gasteiger partial charge in [-0.25, -0.2) is 4.99 Å². The Morgan fingerprint density at radius 1 is 1.27 bits per heavy atom. The smallest absolute Gasteiger partial charge is 0.357 e. The van der Waals surface area contributed by atoms with Gasteiger partial charge in [0, 0.05) is 25.4 Å². The molecule has 0 aliphatic carbocycles. The highest BCUT2D eigenvalue weighted by molar-refractivity contribution is 5.80. The Balaban J connectivity index is 1.96. The van der Waals surface area contributed by atoms with Crippen LogP contribution in [0.4, 0.5) is 13.2 Å². The Morgan fingerprint density at radius 2 is 2.08 bits per heavy atom. The van der Waals surface area contributed by atoms with Crippen molar-refractivity contribution in [2.45, 2.75) is 19.6 Å². The highest BCUT2D eigenvalue weighted by Gasteiger charge is 2.30. The average molecular weight is 363 g/mol. The number of aromatic nitrogens is 2. The molecule has 138 valence electrons. The van der Waals surface area contributed by atoms with Gasteiger partial charge in [0.05, 0.1) is 24.3 Å². The molecule has 0 saturated carbocycles. The number of halogens is 3. The van der Waals surface area contributed by atoms with Crippen molar-refractivity contribution in [1.29, 1.82) is 0 Å². The van der Waals surface area contributed by atoms with Crippen molar-refractivity contribution < 1.29 is 13.2 Å². The second-order valence-corrected chi connectivity index (χ2v) is 5.38. The summed E-state index contributed by atoms with van der Waals surface area (Å²) in [5, 5.41) is 10.2. The Morgan fingerprint density at radius 3 is 2.73 bits per heavy atom. The molecule has 2 aromatic rings. The lowest BCUT2D eigenvalue weighted by Gasteiger charge is -2.08. The maximum absolute atomic E-state index is 12.7. The van der Waals surface area contributed by atoms with Gasteiger partial charge in [-0.05, 0) is 31.2 Å². The molecular formula is C18H20F3N5. The van der Waals surface area contributed by atoms with Gasteiger partial charge in [-0.15, -0.1) is 0 Å². The molecule has 0 fully saturated rings. The molecule has 2 N–H and O–H groups in total. The van der Waals surface area contributed by atoms with E-state index in [9.17, 15) is 13.2 Å². The molecule has 5 nitrogen and oxygen atoms in total. The van der Waals surface area contributed by atoms with E-state index in [0.29, 0.717) is 24.6 Å². The monoisotopic (exact) mass is 363 g/mol. The van der Waals surface area contributed by atoms with Crippen molar-refractivity contribution >= 4 is 5.96 Å². The maximum Gasteiger partial charge on any atom is 0.416 e. The van der Waals surface area contributed by atoms with Crippen LogP contribution in [-0.2, 0) is 19.8 Å². The normalized spacial score (nSPS) is 11.7. The largest absolute Gasteiger partial charge is 0.416 e. The number of guanidine groups is 1. The van der Waals surface area contributed by atoms with Crippen molar-refractivity contribution in [2.75, 3.05) is 13.1 Å². The van der Waals surface area contributed by atoms with Crippen LogP contribution in [0.15, 0.2) is 41.5 Å². The van der Waals surface area contributed by atoms with E-state index in [2.05, 4.69) is 32.6 Å². The first-order valence-electron chi connectivity index (χ1n) is 8.05. The zero-order valence-electron chi connectivity index (χ0n) is 14.6. The van der Waals surface area contributed by atoms with E-state index in [1.54, 1.807) is 16.9 Å². The molecule has 8 heteroatoms. The molecule has 0 saturated heterocycles. The number of aryl methyl sites for hydroxylation is 1. The van der Waals surface area contributed by atoms with Gasteiger partial charge in [-0.2, -0.15) is 18.3 Å². The molecule has 0 radical (unpaired) electrons. The van der Waals surface area contributed by atoms with Crippen molar-refractivity contribution in [2.24, 2.45) is 12.0 Å². The van der Waals surface area contributed by atoms with Crippen LogP contribution >= 0.6 is 0 Å². The predicted molar refractivity (Wildman–Crippen MR) is 94.3 cm³/mol. The zero-order valence-corrected chi connectivity index (χ0v) is 14.6. The predicted octanol–water partition coefficient (Wildman–Crippen LogP) is 2.55. The van der Waals surface area contributed by atoms with Crippen LogP contribution < -0.4 is 10.6 Å². The van der Waals surface area contributed by atoms with Crippen LogP contribution in [0.2, 0.25) is 0 Å². The first-order valence-corrected chi connectivity index (χ1v) is 8.05. The molecule has 0 spiro atoms. The van der Waals surface area contributed by atoms with Gasteiger partial charge < -0.3 is 10.6 Å². The molecular weight excluding hydrogens is 343 g/mol. The molecule has 2 rings (SSSR count). The third-order valence-corrected chi connectivity index (χ3v) is 3.43. The lowest BCUT2D eigenvalue weighted by Crippen LogP contribution is -2.37. The van der Waals surface area contributed by atoms with Crippen LogP contribution in [0, 0.1) is 11.8 Å². The van der Waals surface area contributed by atoms with Gasteiger partial charge in [0.2, 0.25) is 0 Å². The molecule has 0 amide bonds. The van der Waals surface area contributed by atoms with Crippen LogP contribution in [0.3, 0.4) is 0 Å². The summed E-state index contributed by atoms with van der Waals surface area (Å²) in [5.41, 5.74) is 0.569. The quantitative estimate of drug-likeness (QED) is 0.499. The van der Waals surface area contributed by atoms with E-state index in [-0.39, 0.29) is 6.54 Å². The minimum atomic E-state index is -4.37. The fourth-order valence-electron chi connectivity index (χ4n) is 2.11. The molecule has 1 aromatic carbocycles. The fourth-order valence-corrected chi connectivity index (χ4v) is 2.11. The minimum absolute atomic E-state index is 0.257. The number of hydrogen-bond acceptors (Lipinski definition) is 2.